The van der Waals surface area contributed by atoms with E-state index in [1.807, 2.05) is 43.3 Å². The topological polar surface area (TPSA) is 53.7 Å². The summed E-state index contributed by atoms with van der Waals surface area (Å²) in [4.78, 5) is 14.0. The van der Waals surface area contributed by atoms with Crippen LogP contribution in [-0.4, -0.2) is 29.1 Å². The summed E-state index contributed by atoms with van der Waals surface area (Å²) in [6.45, 7) is 2.65. The van der Waals surface area contributed by atoms with Crippen LogP contribution in [0.5, 0.6) is 0 Å². The van der Waals surface area contributed by atoms with Crippen molar-refractivity contribution in [2.45, 2.75) is 19.9 Å². The molecule has 1 aromatic heterocycles. The Hall–Kier alpha value is -2.07. The van der Waals surface area contributed by atoms with Crippen molar-refractivity contribution in [3.8, 4) is 0 Å². The maximum atomic E-state index is 12.4. The number of rotatable bonds is 6. The van der Waals surface area contributed by atoms with E-state index >= 15 is 0 Å². The van der Waals surface area contributed by atoms with Crippen molar-refractivity contribution in [3.63, 3.8) is 0 Å². The molecule has 0 radical (unpaired) electrons. The third kappa shape index (κ3) is 3.48. The number of nitrogens with zero attached hydrogens (tertiary/aromatic N) is 1. The molecule has 0 spiro atoms. The van der Waals surface area contributed by atoms with E-state index < -0.39 is 0 Å². The zero-order valence-corrected chi connectivity index (χ0v) is 11.6. The highest BCUT2D eigenvalue weighted by molar-refractivity contribution is 5.91. The predicted molar refractivity (Wildman–Crippen MR) is 76.4 cm³/mol. The van der Waals surface area contributed by atoms with Crippen molar-refractivity contribution in [2.75, 3.05) is 13.2 Å². The fraction of sp³-hybridized carbons (Fsp3) is 0.312. The maximum absolute atomic E-state index is 12.4. The van der Waals surface area contributed by atoms with E-state index in [1.54, 1.807) is 11.0 Å². The van der Waals surface area contributed by atoms with E-state index in [1.165, 1.54) is 0 Å². The summed E-state index contributed by atoms with van der Waals surface area (Å²) in [6.07, 6.45) is 0.756. The highest BCUT2D eigenvalue weighted by atomic mass is 16.4. The fourth-order valence-corrected chi connectivity index (χ4v) is 2.02. The molecule has 1 heterocycles. The first-order valence-corrected chi connectivity index (χ1v) is 6.77. The van der Waals surface area contributed by atoms with Gasteiger partial charge in [-0.3, -0.25) is 4.79 Å². The number of benzene rings is 1. The van der Waals surface area contributed by atoms with Crippen LogP contribution in [0.15, 0.2) is 46.9 Å². The van der Waals surface area contributed by atoms with Crippen LogP contribution in [0.25, 0.3) is 0 Å². The molecule has 2 rings (SSSR count). The SMILES string of the molecule is CCc1ccc(C(=O)N(CCO)Cc2ccccc2)o1. The van der Waals surface area contributed by atoms with Gasteiger partial charge in [0.25, 0.3) is 5.91 Å². The minimum Gasteiger partial charge on any atom is -0.456 e. The highest BCUT2D eigenvalue weighted by Crippen LogP contribution is 2.13. The number of hydrogen-bond donors (Lipinski definition) is 1. The summed E-state index contributed by atoms with van der Waals surface area (Å²) < 4.78 is 5.49. The van der Waals surface area contributed by atoms with Gasteiger partial charge in [-0.05, 0) is 17.7 Å². The first-order valence-electron chi connectivity index (χ1n) is 6.77. The molecule has 0 saturated heterocycles. The van der Waals surface area contributed by atoms with E-state index in [-0.39, 0.29) is 19.1 Å². The molecule has 0 aliphatic carbocycles. The number of aliphatic hydroxyl groups is 1. The van der Waals surface area contributed by atoms with Crippen LogP contribution in [0.2, 0.25) is 0 Å². The molecule has 106 valence electrons. The lowest BCUT2D eigenvalue weighted by atomic mass is 10.2. The Labute approximate surface area is 118 Å². The summed E-state index contributed by atoms with van der Waals surface area (Å²) >= 11 is 0. The number of carbonyl (C=O) groups excluding carboxylic acids is 1. The summed E-state index contributed by atoms with van der Waals surface area (Å²) in [5.74, 6) is 0.922. The van der Waals surface area contributed by atoms with E-state index in [4.69, 9.17) is 9.52 Å². The van der Waals surface area contributed by atoms with E-state index in [0.29, 0.717) is 12.3 Å². The van der Waals surface area contributed by atoms with Gasteiger partial charge in [-0.2, -0.15) is 0 Å². The molecule has 2 aromatic rings. The lowest BCUT2D eigenvalue weighted by Crippen LogP contribution is -2.32. The molecule has 0 aliphatic rings. The average Bonchev–Trinajstić information content (AvgIpc) is 2.96. The van der Waals surface area contributed by atoms with Crippen LogP contribution in [0.1, 0.15) is 28.8 Å². The Morgan fingerprint density at radius 3 is 2.55 bits per heavy atom. The van der Waals surface area contributed by atoms with Gasteiger partial charge in [0.15, 0.2) is 5.76 Å². The normalized spacial score (nSPS) is 10.5. The molecule has 4 heteroatoms. The molecule has 0 saturated carbocycles. The van der Waals surface area contributed by atoms with E-state index in [0.717, 1.165) is 17.7 Å². The number of hydrogen-bond acceptors (Lipinski definition) is 3. The third-order valence-electron chi connectivity index (χ3n) is 3.09. The van der Waals surface area contributed by atoms with Crippen LogP contribution in [-0.2, 0) is 13.0 Å². The molecular weight excluding hydrogens is 254 g/mol. The largest absolute Gasteiger partial charge is 0.456 e. The Balaban J connectivity index is 2.13. The van der Waals surface area contributed by atoms with Gasteiger partial charge in [0, 0.05) is 19.5 Å². The van der Waals surface area contributed by atoms with E-state index in [9.17, 15) is 4.79 Å². The number of carbonyl (C=O) groups is 1. The van der Waals surface area contributed by atoms with Gasteiger partial charge in [0.05, 0.1) is 6.61 Å². The van der Waals surface area contributed by atoms with Crippen molar-refractivity contribution in [1.82, 2.24) is 4.90 Å². The van der Waals surface area contributed by atoms with Crippen LogP contribution in [0.4, 0.5) is 0 Å². The lowest BCUT2D eigenvalue weighted by molar-refractivity contribution is 0.0674. The van der Waals surface area contributed by atoms with Gasteiger partial charge in [0.2, 0.25) is 0 Å². The van der Waals surface area contributed by atoms with Crippen LogP contribution >= 0.6 is 0 Å². The molecule has 4 nitrogen and oxygen atoms in total. The first-order chi connectivity index (χ1) is 9.74. The van der Waals surface area contributed by atoms with Gasteiger partial charge in [-0.15, -0.1) is 0 Å². The molecule has 0 unspecified atom stereocenters. The van der Waals surface area contributed by atoms with Crippen molar-refractivity contribution in [1.29, 1.82) is 0 Å². The average molecular weight is 273 g/mol. The van der Waals surface area contributed by atoms with Gasteiger partial charge >= 0.3 is 0 Å². The third-order valence-corrected chi connectivity index (χ3v) is 3.09. The standard InChI is InChI=1S/C16H19NO3/c1-2-14-8-9-15(20-14)16(19)17(10-11-18)12-13-6-4-3-5-7-13/h3-9,18H,2,10-12H2,1H3. The van der Waals surface area contributed by atoms with Crippen molar-refractivity contribution >= 4 is 5.91 Å². The van der Waals surface area contributed by atoms with Gasteiger partial charge < -0.3 is 14.4 Å². The monoisotopic (exact) mass is 273 g/mol. The van der Waals surface area contributed by atoms with Crippen LogP contribution in [0.3, 0.4) is 0 Å². The predicted octanol–water partition coefficient (Wildman–Crippen LogP) is 2.48. The number of amides is 1. The minimum absolute atomic E-state index is 0.0695. The highest BCUT2D eigenvalue weighted by Gasteiger charge is 2.19. The van der Waals surface area contributed by atoms with Crippen molar-refractivity contribution < 1.29 is 14.3 Å². The Bertz CT molecular complexity index is 548. The first kappa shape index (κ1) is 14.3. The number of aryl methyl sites for hydroxylation is 1. The van der Waals surface area contributed by atoms with Crippen molar-refractivity contribution in [3.05, 3.63) is 59.5 Å². The van der Waals surface area contributed by atoms with Crippen LogP contribution in [0, 0.1) is 0 Å². The molecular formula is C16H19NO3. The Morgan fingerprint density at radius 2 is 1.95 bits per heavy atom. The zero-order chi connectivity index (χ0) is 14.4. The molecule has 0 atom stereocenters. The molecule has 0 aliphatic heterocycles. The maximum Gasteiger partial charge on any atom is 0.289 e. The molecule has 1 aromatic carbocycles. The minimum atomic E-state index is -0.192. The zero-order valence-electron chi connectivity index (χ0n) is 11.6. The lowest BCUT2D eigenvalue weighted by Gasteiger charge is -2.20. The van der Waals surface area contributed by atoms with Gasteiger partial charge in [0.1, 0.15) is 5.76 Å². The Kier molecular flexibility index (Phi) is 4.96. The molecule has 1 N–H and O–H groups in total. The quantitative estimate of drug-likeness (QED) is 0.879. The number of furan rings is 1. The summed E-state index contributed by atoms with van der Waals surface area (Å²) in [5.41, 5.74) is 1.02. The summed E-state index contributed by atoms with van der Waals surface area (Å²) in [6, 6.07) is 13.2. The Morgan fingerprint density at radius 1 is 1.20 bits per heavy atom. The second-order valence-electron chi connectivity index (χ2n) is 4.56. The smallest absolute Gasteiger partial charge is 0.289 e. The van der Waals surface area contributed by atoms with Crippen molar-refractivity contribution in [2.24, 2.45) is 0 Å². The fourth-order valence-electron chi connectivity index (χ4n) is 2.02. The second kappa shape index (κ2) is 6.91. The summed E-state index contributed by atoms with van der Waals surface area (Å²) in [7, 11) is 0. The van der Waals surface area contributed by atoms with Crippen LogP contribution < -0.4 is 0 Å². The summed E-state index contributed by atoms with van der Waals surface area (Å²) in [5, 5.41) is 9.14. The molecule has 20 heavy (non-hydrogen) atoms. The second-order valence-corrected chi connectivity index (χ2v) is 4.56. The molecule has 0 bridgehead atoms. The molecule has 1 amide bonds. The van der Waals surface area contributed by atoms with Gasteiger partial charge in [-0.25, -0.2) is 0 Å². The molecule has 0 fully saturated rings. The van der Waals surface area contributed by atoms with Gasteiger partial charge in [-0.1, -0.05) is 37.3 Å². The van der Waals surface area contributed by atoms with E-state index in [2.05, 4.69) is 0 Å². The number of aliphatic hydroxyl groups excluding tert-OH is 1.